The maximum Gasteiger partial charge on any atom is 0.337 e. The van der Waals surface area contributed by atoms with Gasteiger partial charge in [-0.15, -0.1) is 0 Å². The van der Waals surface area contributed by atoms with Crippen molar-refractivity contribution in [3.05, 3.63) is 89.4 Å². The molecule has 3 rings (SSSR count). The molecule has 0 aliphatic rings. The van der Waals surface area contributed by atoms with Gasteiger partial charge in [-0.05, 0) is 72.9 Å². The van der Waals surface area contributed by atoms with E-state index in [-0.39, 0.29) is 11.0 Å². The third kappa shape index (κ3) is 6.00. The molecule has 0 bridgehead atoms. The molecule has 3 aromatic rings. The zero-order chi connectivity index (χ0) is 22.2. The number of carbonyl (C=O) groups is 3. The highest BCUT2D eigenvalue weighted by molar-refractivity contribution is 7.80. The normalized spacial score (nSPS) is 10.1. The molecule has 1 aromatic heterocycles. The van der Waals surface area contributed by atoms with Crippen molar-refractivity contribution in [1.82, 2.24) is 10.6 Å². The van der Waals surface area contributed by atoms with Gasteiger partial charge in [-0.3, -0.25) is 14.9 Å². The molecular weight excluding hydrogens is 418 g/mol. The molecule has 0 aliphatic carbocycles. The maximum absolute atomic E-state index is 12.3. The molecule has 31 heavy (non-hydrogen) atoms. The smallest absolute Gasteiger partial charge is 0.337 e. The number of thiocarbonyl (C=S) groups is 1. The van der Waals surface area contributed by atoms with Crippen LogP contribution in [-0.4, -0.2) is 30.0 Å². The van der Waals surface area contributed by atoms with Crippen molar-refractivity contribution < 1.29 is 23.5 Å². The molecule has 0 spiro atoms. The Morgan fingerprint density at radius 2 is 1.52 bits per heavy atom. The highest BCUT2D eigenvalue weighted by atomic mass is 32.1. The van der Waals surface area contributed by atoms with Gasteiger partial charge in [0, 0.05) is 16.8 Å². The molecule has 1 heterocycles. The van der Waals surface area contributed by atoms with Crippen LogP contribution in [0.15, 0.2) is 71.3 Å². The Morgan fingerprint density at radius 1 is 0.903 bits per heavy atom. The van der Waals surface area contributed by atoms with Crippen molar-refractivity contribution in [2.75, 3.05) is 12.4 Å². The van der Waals surface area contributed by atoms with Crippen molar-refractivity contribution >= 4 is 40.8 Å². The minimum Gasteiger partial charge on any atom is -0.467 e. The Morgan fingerprint density at radius 3 is 2.13 bits per heavy atom. The number of hydrogen-bond donors (Lipinski definition) is 3. The summed E-state index contributed by atoms with van der Waals surface area (Å²) in [6.45, 7) is 0.294. The van der Waals surface area contributed by atoms with E-state index in [0.29, 0.717) is 34.7 Å². The van der Waals surface area contributed by atoms with Crippen LogP contribution >= 0.6 is 12.2 Å². The van der Waals surface area contributed by atoms with Gasteiger partial charge in [0.05, 0.1) is 25.5 Å². The number of carbonyl (C=O) groups excluding carboxylic acids is 3. The lowest BCUT2D eigenvalue weighted by molar-refractivity contribution is 0.0600. The Kier molecular flexibility index (Phi) is 7.13. The Hall–Kier alpha value is -3.98. The monoisotopic (exact) mass is 437 g/mol. The van der Waals surface area contributed by atoms with Gasteiger partial charge in [0.15, 0.2) is 5.11 Å². The molecule has 9 heteroatoms. The summed E-state index contributed by atoms with van der Waals surface area (Å²) < 4.78 is 9.80. The van der Waals surface area contributed by atoms with Crippen LogP contribution in [-0.2, 0) is 11.3 Å². The molecule has 3 N–H and O–H groups in total. The van der Waals surface area contributed by atoms with Crippen LogP contribution in [0.3, 0.4) is 0 Å². The van der Waals surface area contributed by atoms with E-state index in [1.54, 1.807) is 42.7 Å². The molecule has 0 unspecified atom stereocenters. The molecule has 158 valence electrons. The summed E-state index contributed by atoms with van der Waals surface area (Å²) in [5.74, 6) is -0.494. The van der Waals surface area contributed by atoms with E-state index in [4.69, 9.17) is 16.6 Å². The maximum atomic E-state index is 12.3. The summed E-state index contributed by atoms with van der Waals surface area (Å²) >= 11 is 5.16. The minimum atomic E-state index is -0.484. The van der Waals surface area contributed by atoms with E-state index in [1.807, 2.05) is 0 Å². The highest BCUT2D eigenvalue weighted by Gasteiger charge is 2.11. The lowest BCUT2D eigenvalue weighted by Gasteiger charge is -2.10. The van der Waals surface area contributed by atoms with E-state index in [0.717, 1.165) is 0 Å². The van der Waals surface area contributed by atoms with E-state index < -0.39 is 11.9 Å². The number of esters is 1. The zero-order valence-corrected chi connectivity index (χ0v) is 17.3. The topological polar surface area (TPSA) is 110 Å². The van der Waals surface area contributed by atoms with Gasteiger partial charge < -0.3 is 19.8 Å². The van der Waals surface area contributed by atoms with Gasteiger partial charge in [-0.1, -0.05) is 0 Å². The molecule has 0 saturated carbocycles. The van der Waals surface area contributed by atoms with Crippen LogP contribution in [0.5, 0.6) is 0 Å². The molecule has 0 atom stereocenters. The van der Waals surface area contributed by atoms with Gasteiger partial charge in [0.2, 0.25) is 0 Å². The number of furan rings is 1. The highest BCUT2D eigenvalue weighted by Crippen LogP contribution is 2.11. The van der Waals surface area contributed by atoms with Gasteiger partial charge >= 0.3 is 5.97 Å². The summed E-state index contributed by atoms with van der Waals surface area (Å²) in [6.07, 6.45) is 1.54. The number of rotatable bonds is 6. The standard InChI is InChI=1S/C22H19N3O5S/c1-29-21(28)16-6-4-15(5-7-16)20(27)25-22(31)24-17-10-8-14(9-11-17)19(26)23-13-18-3-2-12-30-18/h2-12H,13H2,1H3,(H,23,26)(H2,24,25,27,31). The first-order chi connectivity index (χ1) is 15.0. The third-order valence-electron chi connectivity index (χ3n) is 4.20. The molecule has 0 fully saturated rings. The molecule has 8 nitrogen and oxygen atoms in total. The van der Waals surface area contributed by atoms with Gasteiger partial charge in [0.1, 0.15) is 5.76 Å². The first-order valence-electron chi connectivity index (χ1n) is 9.17. The SMILES string of the molecule is COC(=O)c1ccc(C(=O)NC(=S)Nc2ccc(C(=O)NCc3ccco3)cc2)cc1. The second-order valence-corrected chi connectivity index (χ2v) is 6.72. The number of amides is 2. The van der Waals surface area contributed by atoms with Gasteiger partial charge in [0.25, 0.3) is 11.8 Å². The predicted molar refractivity (Wildman–Crippen MR) is 118 cm³/mol. The fourth-order valence-electron chi connectivity index (χ4n) is 2.60. The first-order valence-corrected chi connectivity index (χ1v) is 9.58. The van der Waals surface area contributed by atoms with Crippen molar-refractivity contribution in [1.29, 1.82) is 0 Å². The number of hydrogen-bond acceptors (Lipinski definition) is 6. The number of benzene rings is 2. The summed E-state index contributed by atoms with van der Waals surface area (Å²) in [6, 6.07) is 16.1. The average Bonchev–Trinajstić information content (AvgIpc) is 3.31. The zero-order valence-electron chi connectivity index (χ0n) is 16.5. The van der Waals surface area contributed by atoms with Crippen molar-refractivity contribution in [2.24, 2.45) is 0 Å². The predicted octanol–water partition coefficient (Wildman–Crippen LogP) is 3.12. The molecule has 0 radical (unpaired) electrons. The summed E-state index contributed by atoms with van der Waals surface area (Å²) in [5.41, 5.74) is 1.75. The van der Waals surface area contributed by atoms with Crippen molar-refractivity contribution in [3.8, 4) is 0 Å². The second kappa shape index (κ2) is 10.2. The van der Waals surface area contributed by atoms with Crippen LogP contribution in [0.25, 0.3) is 0 Å². The van der Waals surface area contributed by atoms with Gasteiger partial charge in [-0.25, -0.2) is 4.79 Å². The summed E-state index contributed by atoms with van der Waals surface area (Å²) in [4.78, 5) is 35.9. The number of ether oxygens (including phenoxy) is 1. The quantitative estimate of drug-likeness (QED) is 0.401. The molecular formula is C22H19N3O5S. The van der Waals surface area contributed by atoms with Crippen LogP contribution in [0.1, 0.15) is 36.8 Å². The fraction of sp³-hybridized carbons (Fsp3) is 0.0909. The van der Waals surface area contributed by atoms with Crippen LogP contribution in [0.4, 0.5) is 5.69 Å². The largest absolute Gasteiger partial charge is 0.467 e. The van der Waals surface area contributed by atoms with Crippen molar-refractivity contribution in [2.45, 2.75) is 6.54 Å². The van der Waals surface area contributed by atoms with E-state index in [1.165, 1.54) is 31.4 Å². The number of methoxy groups -OCH3 is 1. The lowest BCUT2D eigenvalue weighted by Crippen LogP contribution is -2.34. The van der Waals surface area contributed by atoms with Crippen LogP contribution in [0.2, 0.25) is 0 Å². The molecule has 0 saturated heterocycles. The summed E-state index contributed by atoms with van der Waals surface area (Å²) in [7, 11) is 1.28. The third-order valence-corrected chi connectivity index (χ3v) is 4.41. The first kappa shape index (κ1) is 21.7. The van der Waals surface area contributed by atoms with Crippen molar-refractivity contribution in [3.63, 3.8) is 0 Å². The molecule has 2 amide bonds. The van der Waals surface area contributed by atoms with Crippen LogP contribution < -0.4 is 16.0 Å². The fourth-order valence-corrected chi connectivity index (χ4v) is 2.81. The second-order valence-electron chi connectivity index (χ2n) is 6.32. The Balaban J connectivity index is 1.51. The van der Waals surface area contributed by atoms with Crippen LogP contribution in [0, 0.1) is 0 Å². The molecule has 0 aliphatic heterocycles. The van der Waals surface area contributed by atoms with E-state index >= 15 is 0 Å². The van der Waals surface area contributed by atoms with Gasteiger partial charge in [-0.2, -0.15) is 0 Å². The van der Waals surface area contributed by atoms with E-state index in [9.17, 15) is 14.4 Å². The van der Waals surface area contributed by atoms with E-state index in [2.05, 4.69) is 20.7 Å². The Bertz CT molecular complexity index is 1080. The minimum absolute atomic E-state index is 0.0945. The Labute approximate surface area is 183 Å². The lowest BCUT2D eigenvalue weighted by atomic mass is 10.1. The number of nitrogens with one attached hydrogen (secondary N) is 3. The summed E-state index contributed by atoms with van der Waals surface area (Å²) in [5, 5.41) is 8.29. The molecule has 2 aromatic carbocycles. The average molecular weight is 437 g/mol. The number of anilines is 1.